The molecule has 1 N–H and O–H groups in total. The highest BCUT2D eigenvalue weighted by molar-refractivity contribution is 7.22. The molecule has 5 nitrogen and oxygen atoms in total. The molecule has 4 aromatic rings. The molecule has 0 aliphatic rings. The lowest BCUT2D eigenvalue weighted by atomic mass is 10.2. The van der Waals surface area contributed by atoms with Gasteiger partial charge in [0.2, 0.25) is 5.13 Å². The van der Waals surface area contributed by atoms with Gasteiger partial charge >= 0.3 is 0 Å². The summed E-state index contributed by atoms with van der Waals surface area (Å²) in [5.74, 6) is 1.36. The summed E-state index contributed by atoms with van der Waals surface area (Å²) in [7, 11) is 1.63. The maximum atomic E-state index is 5.89. The lowest BCUT2D eigenvalue weighted by molar-refractivity contribution is 0.284. The number of ether oxygens (including phenoxy) is 2. The largest absolute Gasteiger partial charge is 0.493 e. The van der Waals surface area contributed by atoms with E-state index in [4.69, 9.17) is 9.47 Å². The Morgan fingerprint density at radius 2 is 1.90 bits per heavy atom. The fraction of sp³-hybridized carbons (Fsp3) is 0.130. The van der Waals surface area contributed by atoms with Crippen LogP contribution in [0.3, 0.4) is 0 Å². The maximum Gasteiger partial charge on any atom is 0.204 e. The Kier molecular flexibility index (Phi) is 5.72. The van der Waals surface area contributed by atoms with E-state index in [9.17, 15) is 0 Å². The number of nitrogens with zero attached hydrogens (tertiary/aromatic N) is 2. The van der Waals surface area contributed by atoms with E-state index in [0.29, 0.717) is 18.1 Å². The van der Waals surface area contributed by atoms with Crippen LogP contribution in [0.4, 0.5) is 5.13 Å². The highest BCUT2D eigenvalue weighted by Gasteiger charge is 2.07. The zero-order chi connectivity index (χ0) is 20.1. The zero-order valence-electron chi connectivity index (χ0n) is 16.3. The Morgan fingerprint density at radius 1 is 1.03 bits per heavy atom. The lowest BCUT2D eigenvalue weighted by Crippen LogP contribution is -1.98. The quantitative estimate of drug-likeness (QED) is 0.321. The van der Waals surface area contributed by atoms with Crippen LogP contribution >= 0.6 is 11.3 Å². The van der Waals surface area contributed by atoms with Gasteiger partial charge in [-0.25, -0.2) is 4.98 Å². The van der Waals surface area contributed by atoms with Gasteiger partial charge < -0.3 is 9.47 Å². The van der Waals surface area contributed by atoms with E-state index in [-0.39, 0.29) is 0 Å². The van der Waals surface area contributed by atoms with E-state index in [1.165, 1.54) is 10.3 Å². The first-order valence-corrected chi connectivity index (χ1v) is 10.0. The minimum atomic E-state index is 0.489. The highest BCUT2D eigenvalue weighted by Crippen LogP contribution is 2.29. The van der Waals surface area contributed by atoms with Crippen molar-refractivity contribution in [1.29, 1.82) is 0 Å². The smallest absolute Gasteiger partial charge is 0.204 e. The van der Waals surface area contributed by atoms with Crippen molar-refractivity contribution in [1.82, 2.24) is 4.98 Å². The van der Waals surface area contributed by atoms with Crippen LogP contribution in [0.25, 0.3) is 10.2 Å². The third-order valence-electron chi connectivity index (χ3n) is 4.41. The van der Waals surface area contributed by atoms with E-state index < -0.39 is 0 Å². The van der Waals surface area contributed by atoms with Crippen molar-refractivity contribution in [2.24, 2.45) is 5.10 Å². The molecule has 4 rings (SSSR count). The van der Waals surface area contributed by atoms with E-state index in [2.05, 4.69) is 28.5 Å². The van der Waals surface area contributed by atoms with Crippen LogP contribution in [-0.4, -0.2) is 18.3 Å². The lowest BCUT2D eigenvalue weighted by Gasteiger charge is -2.11. The fourth-order valence-electron chi connectivity index (χ4n) is 2.92. The summed E-state index contributed by atoms with van der Waals surface area (Å²) < 4.78 is 12.5. The SMILES string of the molecule is COc1cc(/C=N\Nc2nc3cccc(C)c3s2)ccc1OCc1ccccc1. The van der Waals surface area contributed by atoms with Gasteiger partial charge in [-0.1, -0.05) is 53.8 Å². The zero-order valence-corrected chi connectivity index (χ0v) is 17.1. The number of fused-ring (bicyclic) bond motifs is 1. The van der Waals surface area contributed by atoms with E-state index >= 15 is 0 Å². The molecule has 0 aliphatic carbocycles. The molecule has 3 aromatic carbocycles. The number of hydrogen-bond acceptors (Lipinski definition) is 6. The molecule has 0 radical (unpaired) electrons. The molecule has 1 aromatic heterocycles. The predicted octanol–water partition coefficient (Wildman–Crippen LogP) is 5.64. The van der Waals surface area contributed by atoms with Crippen LogP contribution in [0.1, 0.15) is 16.7 Å². The summed E-state index contributed by atoms with van der Waals surface area (Å²) >= 11 is 1.59. The van der Waals surface area contributed by atoms with Crippen molar-refractivity contribution in [3.63, 3.8) is 0 Å². The van der Waals surface area contributed by atoms with E-state index in [1.807, 2.05) is 60.7 Å². The van der Waals surface area contributed by atoms with Crippen molar-refractivity contribution < 1.29 is 9.47 Å². The number of thiazole rings is 1. The normalized spacial score (nSPS) is 11.1. The van der Waals surface area contributed by atoms with Crippen molar-refractivity contribution in [3.05, 3.63) is 83.4 Å². The predicted molar refractivity (Wildman–Crippen MR) is 119 cm³/mol. The van der Waals surface area contributed by atoms with Gasteiger partial charge in [-0.05, 0) is 47.9 Å². The molecule has 0 spiro atoms. The second kappa shape index (κ2) is 8.75. The molecule has 0 saturated carbocycles. The number of rotatable bonds is 7. The minimum absolute atomic E-state index is 0.489. The van der Waals surface area contributed by atoms with Crippen LogP contribution in [0.15, 0.2) is 71.8 Å². The van der Waals surface area contributed by atoms with Crippen LogP contribution in [-0.2, 0) is 6.61 Å². The molecule has 0 unspecified atom stereocenters. The molecule has 6 heteroatoms. The van der Waals surface area contributed by atoms with Gasteiger partial charge in [-0.2, -0.15) is 5.10 Å². The summed E-state index contributed by atoms with van der Waals surface area (Å²) in [6, 6.07) is 21.9. The van der Waals surface area contributed by atoms with Crippen molar-refractivity contribution in [3.8, 4) is 11.5 Å². The number of aryl methyl sites for hydroxylation is 1. The maximum absolute atomic E-state index is 5.89. The summed E-state index contributed by atoms with van der Waals surface area (Å²) in [6.07, 6.45) is 1.74. The first-order valence-electron chi connectivity index (χ1n) is 9.23. The Labute approximate surface area is 173 Å². The van der Waals surface area contributed by atoms with E-state index in [1.54, 1.807) is 24.7 Å². The number of anilines is 1. The molecule has 0 amide bonds. The van der Waals surface area contributed by atoms with Crippen molar-refractivity contribution in [2.45, 2.75) is 13.5 Å². The molecule has 29 heavy (non-hydrogen) atoms. The van der Waals surface area contributed by atoms with Crippen LogP contribution in [0.5, 0.6) is 11.5 Å². The Bertz CT molecular complexity index is 1140. The first kappa shape index (κ1) is 19.0. The number of methoxy groups -OCH3 is 1. The third-order valence-corrected chi connectivity index (χ3v) is 5.52. The van der Waals surface area contributed by atoms with Crippen molar-refractivity contribution >= 4 is 32.9 Å². The van der Waals surface area contributed by atoms with Gasteiger partial charge in [-0.15, -0.1) is 0 Å². The molecule has 146 valence electrons. The first-order chi connectivity index (χ1) is 14.2. The van der Waals surface area contributed by atoms with Gasteiger partial charge in [0.05, 0.1) is 23.5 Å². The van der Waals surface area contributed by atoms with Crippen LogP contribution in [0, 0.1) is 6.92 Å². The second-order valence-electron chi connectivity index (χ2n) is 6.50. The molecule has 0 aliphatic heterocycles. The number of benzene rings is 3. The fourth-order valence-corrected chi connectivity index (χ4v) is 3.80. The number of aromatic nitrogens is 1. The summed E-state index contributed by atoms with van der Waals surface area (Å²) in [5, 5.41) is 5.08. The van der Waals surface area contributed by atoms with Gasteiger partial charge in [0.25, 0.3) is 0 Å². The average molecular weight is 404 g/mol. The minimum Gasteiger partial charge on any atom is -0.493 e. The summed E-state index contributed by atoms with van der Waals surface area (Å²) in [6.45, 7) is 2.57. The third kappa shape index (κ3) is 4.55. The molecule has 1 heterocycles. The molecule has 0 fully saturated rings. The Hall–Kier alpha value is -3.38. The number of nitrogens with one attached hydrogen (secondary N) is 1. The van der Waals surface area contributed by atoms with Gasteiger partial charge in [0.15, 0.2) is 11.5 Å². The monoisotopic (exact) mass is 403 g/mol. The van der Waals surface area contributed by atoms with E-state index in [0.717, 1.165) is 21.8 Å². The second-order valence-corrected chi connectivity index (χ2v) is 7.50. The van der Waals surface area contributed by atoms with Gasteiger partial charge in [-0.3, -0.25) is 5.43 Å². The average Bonchev–Trinajstić information content (AvgIpc) is 3.18. The van der Waals surface area contributed by atoms with Crippen molar-refractivity contribution in [2.75, 3.05) is 12.5 Å². The molecule has 0 bridgehead atoms. The summed E-state index contributed by atoms with van der Waals surface area (Å²) in [4.78, 5) is 4.55. The Balaban J connectivity index is 1.43. The molecular formula is C23H21N3O2S. The number of hydrogen-bond donors (Lipinski definition) is 1. The topological polar surface area (TPSA) is 55.7 Å². The Morgan fingerprint density at radius 3 is 2.69 bits per heavy atom. The molecule has 0 saturated heterocycles. The van der Waals surface area contributed by atoms with Crippen LogP contribution < -0.4 is 14.9 Å². The number of hydrazone groups is 1. The van der Waals surface area contributed by atoms with Gasteiger partial charge in [0.1, 0.15) is 6.61 Å². The van der Waals surface area contributed by atoms with Gasteiger partial charge in [0, 0.05) is 0 Å². The summed E-state index contributed by atoms with van der Waals surface area (Å²) in [5.41, 5.74) is 7.22. The standard InChI is InChI=1S/C23H21N3O2S/c1-16-7-6-10-19-22(16)29-23(25-19)26-24-14-18-11-12-20(21(13-18)27-2)28-15-17-8-4-3-5-9-17/h3-14H,15H2,1-2H3,(H,25,26)/b24-14-. The molecular weight excluding hydrogens is 382 g/mol. The highest BCUT2D eigenvalue weighted by atomic mass is 32.1. The van der Waals surface area contributed by atoms with Crippen LogP contribution in [0.2, 0.25) is 0 Å². The molecule has 0 atom stereocenters.